The second-order valence-electron chi connectivity index (χ2n) is 7.24. The molecule has 1 heterocycles. The third-order valence-electron chi connectivity index (χ3n) is 3.55. The molecule has 0 aromatic carbocycles. The van der Waals surface area contributed by atoms with Gasteiger partial charge in [-0.1, -0.05) is 17.3 Å². The lowest BCUT2D eigenvalue weighted by Crippen LogP contribution is -2.49. The maximum Gasteiger partial charge on any atom is 0.413 e. The predicted octanol–water partition coefficient (Wildman–Crippen LogP) is 3.46. The Bertz CT molecular complexity index is 574. The van der Waals surface area contributed by atoms with E-state index in [-0.39, 0.29) is 12.5 Å². The van der Waals surface area contributed by atoms with Crippen molar-refractivity contribution < 1.29 is 24.2 Å². The number of allylic oxidation sites excluding steroid dienone is 1. The van der Waals surface area contributed by atoms with E-state index in [1.807, 2.05) is 0 Å². The molecular weight excluding hydrogens is 328 g/mol. The third-order valence-corrected chi connectivity index (χ3v) is 3.55. The summed E-state index contributed by atoms with van der Waals surface area (Å²) >= 11 is 0. The van der Waals surface area contributed by atoms with Crippen LogP contribution in [0, 0.1) is 0 Å². The number of carboxylic acids is 1. The first-order valence-electron chi connectivity index (χ1n) is 8.08. The molecule has 0 unspecified atom stereocenters. The van der Waals surface area contributed by atoms with Gasteiger partial charge in [-0.2, -0.15) is 0 Å². The van der Waals surface area contributed by atoms with E-state index in [1.165, 1.54) is 4.90 Å². The monoisotopic (exact) mass is 354 g/mol. The van der Waals surface area contributed by atoms with Crippen molar-refractivity contribution in [3.63, 3.8) is 0 Å². The summed E-state index contributed by atoms with van der Waals surface area (Å²) in [6.45, 7) is 9.27. The number of aliphatic carboxylic acids is 1. The lowest BCUT2D eigenvalue weighted by molar-refractivity contribution is -0.138. The highest BCUT2D eigenvalue weighted by Gasteiger charge is 2.44. The molecule has 1 aliphatic rings. The van der Waals surface area contributed by atoms with Gasteiger partial charge in [0, 0.05) is 4.91 Å². The first kappa shape index (κ1) is 20.8. The van der Waals surface area contributed by atoms with Crippen LogP contribution in [-0.2, 0) is 14.3 Å². The Hall–Kier alpha value is -2.25. The van der Waals surface area contributed by atoms with E-state index in [9.17, 15) is 9.59 Å². The Morgan fingerprint density at radius 1 is 1.52 bits per heavy atom. The minimum absolute atomic E-state index is 0.180. The summed E-state index contributed by atoms with van der Waals surface area (Å²) in [6.07, 6.45) is 3.65. The van der Waals surface area contributed by atoms with Gasteiger partial charge >= 0.3 is 12.1 Å². The average molecular weight is 354 g/mol. The lowest BCUT2D eigenvalue weighted by Gasteiger charge is -2.34. The van der Waals surface area contributed by atoms with Crippen LogP contribution in [0.4, 0.5) is 4.79 Å². The Morgan fingerprint density at radius 3 is 2.68 bits per heavy atom. The summed E-state index contributed by atoms with van der Waals surface area (Å²) in [5.74, 6) is -1.16. The third kappa shape index (κ3) is 6.28. The first-order valence-corrected chi connectivity index (χ1v) is 8.08. The van der Waals surface area contributed by atoms with E-state index >= 15 is 0 Å². The van der Waals surface area contributed by atoms with E-state index in [4.69, 9.17) is 20.1 Å². The van der Waals surface area contributed by atoms with Crippen LogP contribution in [0.1, 0.15) is 47.5 Å². The molecule has 0 aromatic rings. The van der Waals surface area contributed by atoms with Crippen molar-refractivity contribution in [2.75, 3.05) is 6.61 Å². The van der Waals surface area contributed by atoms with Crippen molar-refractivity contribution >= 4 is 12.1 Å². The van der Waals surface area contributed by atoms with Crippen LogP contribution in [0.5, 0.6) is 0 Å². The molecule has 25 heavy (non-hydrogen) atoms. The van der Waals surface area contributed by atoms with Gasteiger partial charge in [-0.05, 0) is 53.0 Å². The molecule has 0 aromatic heterocycles. The summed E-state index contributed by atoms with van der Waals surface area (Å²) in [5.41, 5.74) is 6.95. The topological polar surface area (TPSA) is 125 Å². The van der Waals surface area contributed by atoms with Crippen LogP contribution in [0.3, 0.4) is 0 Å². The quantitative estimate of drug-likeness (QED) is 0.338. The normalized spacial score (nSPS) is 21.0. The molecule has 0 radical (unpaired) electrons. The highest BCUT2D eigenvalue weighted by molar-refractivity contribution is 5.73. The van der Waals surface area contributed by atoms with Crippen LogP contribution in [0.2, 0.25) is 0 Å². The first-order chi connectivity index (χ1) is 11.5. The minimum Gasteiger partial charge on any atom is -0.481 e. The molecule has 1 fully saturated rings. The Labute approximate surface area is 147 Å². The van der Waals surface area contributed by atoms with Crippen LogP contribution in [-0.4, -0.2) is 52.1 Å². The SMILES string of the molecule is CC(C)(C)OC(=O)N1[C@H](/C=C\CC[C@@H](N=[N+]=[N-])C(=O)O)COC1(C)C. The van der Waals surface area contributed by atoms with E-state index in [1.54, 1.807) is 46.8 Å². The van der Waals surface area contributed by atoms with Gasteiger partial charge in [0.05, 0.1) is 12.6 Å². The summed E-state index contributed by atoms with van der Waals surface area (Å²) in [4.78, 5) is 27.4. The molecule has 1 aliphatic heterocycles. The zero-order chi connectivity index (χ0) is 19.3. The molecule has 1 amide bonds. The van der Waals surface area contributed by atoms with Gasteiger partial charge in [0.15, 0.2) is 0 Å². The van der Waals surface area contributed by atoms with Gasteiger partial charge < -0.3 is 14.6 Å². The van der Waals surface area contributed by atoms with Crippen molar-refractivity contribution in [2.45, 2.75) is 70.9 Å². The van der Waals surface area contributed by atoms with Crippen LogP contribution in [0.15, 0.2) is 17.3 Å². The highest BCUT2D eigenvalue weighted by Crippen LogP contribution is 2.30. The fourth-order valence-electron chi connectivity index (χ4n) is 2.44. The van der Waals surface area contributed by atoms with Crippen molar-refractivity contribution in [1.82, 2.24) is 4.90 Å². The van der Waals surface area contributed by atoms with Crippen molar-refractivity contribution in [3.8, 4) is 0 Å². The van der Waals surface area contributed by atoms with Crippen LogP contribution < -0.4 is 0 Å². The van der Waals surface area contributed by atoms with Gasteiger partial charge in [-0.25, -0.2) is 4.79 Å². The largest absolute Gasteiger partial charge is 0.481 e. The smallest absolute Gasteiger partial charge is 0.413 e. The molecule has 1 saturated heterocycles. The molecule has 9 heteroatoms. The number of nitrogens with zero attached hydrogens (tertiary/aromatic N) is 4. The Kier molecular flexibility index (Phi) is 6.84. The maximum absolute atomic E-state index is 12.5. The number of rotatable bonds is 6. The summed E-state index contributed by atoms with van der Waals surface area (Å²) in [7, 11) is 0. The number of carbonyl (C=O) groups is 2. The molecule has 140 valence electrons. The molecule has 9 nitrogen and oxygen atoms in total. The average Bonchev–Trinajstić information content (AvgIpc) is 2.75. The van der Waals surface area contributed by atoms with E-state index in [0.717, 1.165) is 0 Å². The van der Waals surface area contributed by atoms with Gasteiger partial charge in [0.1, 0.15) is 17.4 Å². The number of amides is 1. The second-order valence-corrected chi connectivity index (χ2v) is 7.24. The van der Waals surface area contributed by atoms with Crippen molar-refractivity contribution in [3.05, 3.63) is 22.6 Å². The second kappa shape index (κ2) is 8.22. The predicted molar refractivity (Wildman–Crippen MR) is 90.8 cm³/mol. The number of carboxylic acid groups (broad SMARTS) is 1. The summed E-state index contributed by atoms with van der Waals surface area (Å²) < 4.78 is 11.1. The fourth-order valence-corrected chi connectivity index (χ4v) is 2.44. The number of carbonyl (C=O) groups excluding carboxylic acids is 1. The van der Waals surface area contributed by atoms with Gasteiger partial charge in [-0.15, -0.1) is 0 Å². The molecule has 1 rings (SSSR count). The van der Waals surface area contributed by atoms with Gasteiger partial charge in [0.25, 0.3) is 0 Å². The van der Waals surface area contributed by atoms with Gasteiger partial charge in [0.2, 0.25) is 0 Å². The number of azide groups is 1. The standard InChI is InChI=1S/C16H26N4O5/c1-15(2,3)25-14(23)20-11(10-24-16(20,4)5)8-6-7-9-12(13(21)22)18-19-17/h6,8,11-12H,7,9-10H2,1-5H3,(H,21,22)/b8-6-/t11-,12-/m1/s1. The molecule has 0 saturated carbocycles. The number of ether oxygens (including phenoxy) is 2. The summed E-state index contributed by atoms with van der Waals surface area (Å²) in [6, 6.07) is -1.42. The number of hydrogen-bond acceptors (Lipinski definition) is 5. The zero-order valence-corrected chi connectivity index (χ0v) is 15.3. The van der Waals surface area contributed by atoms with E-state index in [2.05, 4.69) is 10.0 Å². The zero-order valence-electron chi connectivity index (χ0n) is 15.3. The minimum atomic E-state index is -1.16. The van der Waals surface area contributed by atoms with Crippen molar-refractivity contribution in [2.24, 2.45) is 5.11 Å². The van der Waals surface area contributed by atoms with Gasteiger partial charge in [-0.3, -0.25) is 9.69 Å². The molecule has 0 aliphatic carbocycles. The summed E-state index contributed by atoms with van der Waals surface area (Å²) in [5, 5.41) is 12.2. The van der Waals surface area contributed by atoms with E-state index in [0.29, 0.717) is 13.0 Å². The fraction of sp³-hybridized carbons (Fsp3) is 0.750. The molecule has 1 N–H and O–H groups in total. The Balaban J connectivity index is 2.74. The molecular formula is C16H26N4O5. The number of hydrogen-bond donors (Lipinski definition) is 1. The molecule has 0 bridgehead atoms. The molecule has 0 spiro atoms. The lowest BCUT2D eigenvalue weighted by atomic mass is 10.1. The molecule has 2 atom stereocenters. The van der Waals surface area contributed by atoms with Crippen molar-refractivity contribution in [1.29, 1.82) is 0 Å². The highest BCUT2D eigenvalue weighted by atomic mass is 16.6. The van der Waals surface area contributed by atoms with Crippen LogP contribution >= 0.6 is 0 Å². The maximum atomic E-state index is 12.5. The Morgan fingerprint density at radius 2 is 2.16 bits per heavy atom. The van der Waals surface area contributed by atoms with Crippen LogP contribution in [0.25, 0.3) is 10.4 Å². The van der Waals surface area contributed by atoms with E-state index < -0.39 is 29.4 Å².